The second kappa shape index (κ2) is 6.55. The van der Waals surface area contributed by atoms with Gasteiger partial charge in [0.25, 0.3) is 0 Å². The van der Waals surface area contributed by atoms with Crippen LogP contribution in [0.3, 0.4) is 0 Å². The molecule has 5 heteroatoms. The molecule has 4 nitrogen and oxygen atoms in total. The van der Waals surface area contributed by atoms with Crippen LogP contribution >= 0.6 is 0 Å². The van der Waals surface area contributed by atoms with Gasteiger partial charge in [-0.2, -0.15) is 0 Å². The van der Waals surface area contributed by atoms with E-state index in [4.69, 9.17) is 4.74 Å². The number of aliphatic hydroxyl groups excluding tert-OH is 1. The molecule has 1 spiro atoms. The van der Waals surface area contributed by atoms with E-state index in [0.29, 0.717) is 23.5 Å². The third-order valence-electron chi connectivity index (χ3n) is 9.56. The Morgan fingerprint density at radius 2 is 1.85 bits per heavy atom. The monoisotopic (exact) mass is 396 g/mol. The standard InChI is InChI=1S/C22H36O4S/c1-20-8-5-9-21(2,19(24)26-3)16(20)7-11-22-10-6-14(12-17(20)22)15(18(22)23)13-27(4)25/h14-18,23H,5-13H2,1-4H3/t14-,15-,16-,17-,18+,20+,21+,22-,27?/m0/s1. The minimum atomic E-state index is -0.861. The lowest BCUT2D eigenvalue weighted by Gasteiger charge is -2.70. The van der Waals surface area contributed by atoms with E-state index in [-0.39, 0.29) is 28.8 Å². The van der Waals surface area contributed by atoms with Crippen LogP contribution in [0.1, 0.15) is 65.2 Å². The molecule has 0 aromatic rings. The minimum absolute atomic E-state index is 0.0294. The molecule has 5 fully saturated rings. The highest BCUT2D eigenvalue weighted by Crippen LogP contribution is 2.72. The number of hydrogen-bond donors (Lipinski definition) is 1. The summed E-state index contributed by atoms with van der Waals surface area (Å²) in [4.78, 5) is 12.7. The Morgan fingerprint density at radius 1 is 1.15 bits per heavy atom. The van der Waals surface area contributed by atoms with E-state index in [0.717, 1.165) is 44.9 Å². The number of esters is 1. The molecule has 1 N–H and O–H groups in total. The number of fused-ring (bicyclic) bond motifs is 3. The number of ether oxygens (including phenoxy) is 1. The van der Waals surface area contributed by atoms with Crippen LogP contribution in [0.2, 0.25) is 0 Å². The average Bonchev–Trinajstić information content (AvgIpc) is 2.63. The van der Waals surface area contributed by atoms with Crippen molar-refractivity contribution in [2.24, 2.45) is 39.9 Å². The van der Waals surface area contributed by atoms with Gasteiger partial charge in [0.05, 0.1) is 18.6 Å². The summed E-state index contributed by atoms with van der Waals surface area (Å²) in [7, 11) is 0.659. The lowest BCUT2D eigenvalue weighted by molar-refractivity contribution is -0.242. The maximum atomic E-state index is 12.7. The van der Waals surface area contributed by atoms with E-state index in [1.807, 2.05) is 0 Å². The van der Waals surface area contributed by atoms with Crippen molar-refractivity contribution in [3.63, 3.8) is 0 Å². The van der Waals surface area contributed by atoms with Gasteiger partial charge in [-0.1, -0.05) is 13.3 Å². The molecular formula is C22H36O4S. The van der Waals surface area contributed by atoms with Gasteiger partial charge in [-0.3, -0.25) is 9.00 Å². The molecule has 9 atom stereocenters. The Kier molecular flexibility index (Phi) is 4.82. The molecule has 5 aliphatic carbocycles. The molecule has 0 aromatic heterocycles. The van der Waals surface area contributed by atoms with Crippen LogP contribution in [0, 0.1) is 39.9 Å². The molecule has 0 amide bonds. The molecule has 27 heavy (non-hydrogen) atoms. The zero-order chi connectivity index (χ0) is 19.6. The fourth-order valence-corrected chi connectivity index (χ4v) is 9.45. The summed E-state index contributed by atoms with van der Waals surface area (Å²) in [6, 6.07) is 0. The van der Waals surface area contributed by atoms with Crippen molar-refractivity contribution in [2.75, 3.05) is 19.1 Å². The second-order valence-electron chi connectivity index (χ2n) is 10.5. The van der Waals surface area contributed by atoms with Gasteiger partial charge in [0.2, 0.25) is 0 Å². The highest BCUT2D eigenvalue weighted by molar-refractivity contribution is 7.84. The van der Waals surface area contributed by atoms with E-state index in [1.54, 1.807) is 6.26 Å². The first-order valence-electron chi connectivity index (χ1n) is 10.8. The van der Waals surface area contributed by atoms with Gasteiger partial charge in [0, 0.05) is 22.8 Å². The summed E-state index contributed by atoms with van der Waals surface area (Å²) < 4.78 is 17.2. The number of carbonyl (C=O) groups is 1. The molecule has 0 radical (unpaired) electrons. The first kappa shape index (κ1) is 19.9. The lowest BCUT2D eigenvalue weighted by Crippen LogP contribution is -2.67. The fourth-order valence-electron chi connectivity index (χ4n) is 8.45. The number of methoxy groups -OCH3 is 1. The van der Waals surface area contributed by atoms with Crippen molar-refractivity contribution in [3.05, 3.63) is 0 Å². The number of hydrogen-bond acceptors (Lipinski definition) is 4. The van der Waals surface area contributed by atoms with Crippen LogP contribution in [-0.2, 0) is 20.3 Å². The molecule has 5 saturated carbocycles. The van der Waals surface area contributed by atoms with E-state index >= 15 is 0 Å². The van der Waals surface area contributed by atoms with E-state index < -0.39 is 16.2 Å². The molecule has 1 unspecified atom stereocenters. The Labute approximate surface area is 166 Å². The van der Waals surface area contributed by atoms with Crippen molar-refractivity contribution in [3.8, 4) is 0 Å². The number of rotatable bonds is 3. The van der Waals surface area contributed by atoms with Crippen LogP contribution in [0.25, 0.3) is 0 Å². The highest BCUT2D eigenvalue weighted by atomic mass is 32.2. The fraction of sp³-hybridized carbons (Fsp3) is 0.955. The predicted molar refractivity (Wildman–Crippen MR) is 106 cm³/mol. The zero-order valence-electron chi connectivity index (χ0n) is 17.3. The zero-order valence-corrected chi connectivity index (χ0v) is 18.1. The molecule has 5 rings (SSSR count). The molecule has 0 saturated heterocycles. The normalized spacial score (nSPS) is 52.6. The minimum Gasteiger partial charge on any atom is -0.469 e. The molecule has 0 aliphatic heterocycles. The largest absolute Gasteiger partial charge is 0.469 e. The first-order chi connectivity index (χ1) is 12.7. The second-order valence-corrected chi connectivity index (χ2v) is 12.0. The quantitative estimate of drug-likeness (QED) is 0.741. The third-order valence-corrected chi connectivity index (χ3v) is 10.4. The summed E-state index contributed by atoms with van der Waals surface area (Å²) >= 11 is 0. The Balaban J connectivity index is 1.70. The summed E-state index contributed by atoms with van der Waals surface area (Å²) in [6.07, 6.45) is 10.0. The molecular weight excluding hydrogens is 360 g/mol. The molecule has 0 heterocycles. The van der Waals surface area contributed by atoms with Gasteiger partial charge in [0.15, 0.2) is 0 Å². The van der Waals surface area contributed by atoms with Gasteiger partial charge in [-0.15, -0.1) is 0 Å². The topological polar surface area (TPSA) is 63.6 Å². The van der Waals surface area contributed by atoms with Gasteiger partial charge in [0.1, 0.15) is 0 Å². The van der Waals surface area contributed by atoms with E-state index in [9.17, 15) is 14.1 Å². The Morgan fingerprint density at radius 3 is 2.52 bits per heavy atom. The predicted octanol–water partition coefficient (Wildman–Crippen LogP) is 3.54. The van der Waals surface area contributed by atoms with Gasteiger partial charge < -0.3 is 9.84 Å². The summed E-state index contributed by atoms with van der Waals surface area (Å²) in [5, 5.41) is 11.5. The lowest BCUT2D eigenvalue weighted by atomic mass is 9.35. The maximum Gasteiger partial charge on any atom is 0.311 e. The molecule has 2 bridgehead atoms. The smallest absolute Gasteiger partial charge is 0.311 e. The van der Waals surface area contributed by atoms with Crippen molar-refractivity contribution < 1.29 is 18.8 Å². The molecule has 5 aliphatic rings. The van der Waals surface area contributed by atoms with Crippen molar-refractivity contribution >= 4 is 16.8 Å². The average molecular weight is 397 g/mol. The first-order valence-corrected chi connectivity index (χ1v) is 12.5. The summed E-state index contributed by atoms with van der Waals surface area (Å²) in [5.74, 6) is 2.08. The molecule has 154 valence electrons. The van der Waals surface area contributed by atoms with Crippen LogP contribution in [0.4, 0.5) is 0 Å². The van der Waals surface area contributed by atoms with Crippen molar-refractivity contribution in [2.45, 2.75) is 71.3 Å². The third kappa shape index (κ3) is 2.63. The summed E-state index contributed by atoms with van der Waals surface area (Å²) in [6.45, 7) is 4.53. The van der Waals surface area contributed by atoms with Gasteiger partial charge in [-0.05, 0) is 86.4 Å². The van der Waals surface area contributed by atoms with E-state index in [2.05, 4.69) is 13.8 Å². The van der Waals surface area contributed by atoms with E-state index in [1.165, 1.54) is 13.5 Å². The van der Waals surface area contributed by atoms with Crippen LogP contribution in [0.15, 0.2) is 0 Å². The molecule has 0 aromatic carbocycles. The number of carbonyl (C=O) groups excluding carboxylic acids is 1. The SMILES string of the molecule is COC(=O)[C@]1(C)CCC[C@@]2(C)[C@@H]3C[C@@H]4CC[C@@]3(CC[C@@H]21)[C@H](O)[C@H]4CS(C)=O. The van der Waals surface area contributed by atoms with Gasteiger partial charge >= 0.3 is 5.97 Å². The Hall–Kier alpha value is -0.420. The maximum absolute atomic E-state index is 12.7. The summed E-state index contributed by atoms with van der Waals surface area (Å²) in [5.41, 5.74) is -0.330. The Bertz CT molecular complexity index is 650. The van der Waals surface area contributed by atoms with Crippen LogP contribution in [-0.4, -0.2) is 40.5 Å². The van der Waals surface area contributed by atoms with Crippen molar-refractivity contribution in [1.29, 1.82) is 0 Å². The van der Waals surface area contributed by atoms with Crippen molar-refractivity contribution in [1.82, 2.24) is 0 Å². The highest BCUT2D eigenvalue weighted by Gasteiger charge is 2.68. The van der Waals surface area contributed by atoms with Gasteiger partial charge in [-0.25, -0.2) is 0 Å². The van der Waals surface area contributed by atoms with Crippen LogP contribution < -0.4 is 0 Å². The number of aliphatic hydroxyl groups is 1. The van der Waals surface area contributed by atoms with Crippen LogP contribution in [0.5, 0.6) is 0 Å².